The predicted molar refractivity (Wildman–Crippen MR) is 84.9 cm³/mol. The molecule has 22 heavy (non-hydrogen) atoms. The number of thiazole rings is 1. The van der Waals surface area contributed by atoms with Crippen molar-refractivity contribution in [2.75, 3.05) is 12.4 Å². The summed E-state index contributed by atoms with van der Waals surface area (Å²) in [5.41, 5.74) is 1.15. The second-order valence-corrected chi connectivity index (χ2v) is 5.71. The minimum absolute atomic E-state index is 0.190. The fraction of sp³-hybridized carbons (Fsp3) is 0.125. The quantitative estimate of drug-likeness (QED) is 0.800. The van der Waals surface area contributed by atoms with Crippen LogP contribution in [0.5, 0.6) is 5.75 Å². The molecule has 0 fully saturated rings. The number of anilines is 1. The van der Waals surface area contributed by atoms with Crippen LogP contribution in [-0.2, 0) is 11.2 Å². The molecule has 0 aliphatic carbocycles. The Morgan fingerprint density at radius 3 is 2.73 bits per heavy atom. The zero-order chi connectivity index (χ0) is 15.5. The van der Waals surface area contributed by atoms with E-state index in [4.69, 9.17) is 4.74 Å². The Morgan fingerprint density at radius 2 is 2.05 bits per heavy atom. The topological polar surface area (TPSA) is 51.2 Å². The highest BCUT2D eigenvalue weighted by Crippen LogP contribution is 2.27. The molecule has 3 rings (SSSR count). The van der Waals surface area contributed by atoms with Gasteiger partial charge in [0.05, 0.1) is 18.2 Å². The van der Waals surface area contributed by atoms with Crippen LogP contribution >= 0.6 is 11.3 Å². The first-order valence-electron chi connectivity index (χ1n) is 6.63. The van der Waals surface area contributed by atoms with E-state index in [1.807, 2.05) is 12.1 Å². The molecular formula is C16H13FN2O2S. The first kappa shape index (κ1) is 14.5. The van der Waals surface area contributed by atoms with E-state index in [1.165, 1.54) is 17.4 Å². The van der Waals surface area contributed by atoms with Gasteiger partial charge in [0, 0.05) is 0 Å². The van der Waals surface area contributed by atoms with E-state index >= 15 is 0 Å². The van der Waals surface area contributed by atoms with Crippen molar-refractivity contribution in [1.29, 1.82) is 0 Å². The maximum absolute atomic E-state index is 13.6. The van der Waals surface area contributed by atoms with Gasteiger partial charge < -0.3 is 10.1 Å². The molecule has 0 unspecified atom stereocenters. The predicted octanol–water partition coefficient (Wildman–Crippen LogP) is 3.63. The van der Waals surface area contributed by atoms with Gasteiger partial charge in [-0.15, -0.1) is 0 Å². The van der Waals surface area contributed by atoms with Gasteiger partial charge in [0.15, 0.2) is 5.13 Å². The summed E-state index contributed by atoms with van der Waals surface area (Å²) in [6, 6.07) is 12.0. The smallest absolute Gasteiger partial charge is 0.230 e. The average molecular weight is 316 g/mol. The summed E-state index contributed by atoms with van der Waals surface area (Å²) in [5.74, 6) is 0.167. The molecule has 0 spiro atoms. The Bertz CT molecular complexity index is 815. The first-order chi connectivity index (χ1) is 10.7. The second kappa shape index (κ2) is 6.11. The van der Waals surface area contributed by atoms with E-state index in [0.717, 1.165) is 11.3 Å². The van der Waals surface area contributed by atoms with Gasteiger partial charge in [-0.3, -0.25) is 4.79 Å². The summed E-state index contributed by atoms with van der Waals surface area (Å²) in [5, 5.41) is 3.11. The number of carbonyl (C=O) groups is 1. The lowest BCUT2D eigenvalue weighted by molar-refractivity contribution is -0.115. The summed E-state index contributed by atoms with van der Waals surface area (Å²) in [6.45, 7) is 0. The van der Waals surface area contributed by atoms with Gasteiger partial charge in [-0.05, 0) is 29.8 Å². The molecule has 0 aliphatic heterocycles. The number of aromatic nitrogens is 1. The van der Waals surface area contributed by atoms with Gasteiger partial charge in [-0.1, -0.05) is 29.5 Å². The molecule has 4 nitrogen and oxygen atoms in total. The van der Waals surface area contributed by atoms with Crippen molar-refractivity contribution in [3.05, 3.63) is 53.8 Å². The molecule has 1 heterocycles. The van der Waals surface area contributed by atoms with E-state index in [2.05, 4.69) is 10.3 Å². The molecule has 3 aromatic rings. The summed E-state index contributed by atoms with van der Waals surface area (Å²) in [7, 11) is 1.59. The van der Waals surface area contributed by atoms with Crippen LogP contribution in [0.25, 0.3) is 10.2 Å². The lowest BCUT2D eigenvalue weighted by Crippen LogP contribution is -2.14. The van der Waals surface area contributed by atoms with Crippen LogP contribution < -0.4 is 10.1 Å². The highest BCUT2D eigenvalue weighted by Gasteiger charge is 2.11. The van der Waals surface area contributed by atoms with Gasteiger partial charge in [-0.2, -0.15) is 0 Å². The number of halogens is 1. The van der Waals surface area contributed by atoms with Crippen LogP contribution in [0, 0.1) is 5.82 Å². The van der Waals surface area contributed by atoms with E-state index in [0.29, 0.717) is 9.83 Å². The number of para-hydroxylation sites is 1. The number of nitrogens with zero attached hydrogens (tertiary/aromatic N) is 1. The second-order valence-electron chi connectivity index (χ2n) is 4.68. The monoisotopic (exact) mass is 316 g/mol. The number of rotatable bonds is 4. The third-order valence-corrected chi connectivity index (χ3v) is 4.08. The third-order valence-electron chi connectivity index (χ3n) is 3.14. The van der Waals surface area contributed by atoms with Crippen molar-refractivity contribution in [2.45, 2.75) is 6.42 Å². The van der Waals surface area contributed by atoms with Crippen molar-refractivity contribution in [3.63, 3.8) is 0 Å². The Hall–Kier alpha value is -2.47. The molecule has 2 aromatic carbocycles. The largest absolute Gasteiger partial charge is 0.497 e. The highest BCUT2D eigenvalue weighted by molar-refractivity contribution is 7.22. The van der Waals surface area contributed by atoms with Gasteiger partial charge in [0.25, 0.3) is 0 Å². The van der Waals surface area contributed by atoms with Crippen molar-refractivity contribution >= 4 is 32.6 Å². The summed E-state index contributed by atoms with van der Waals surface area (Å²) in [4.78, 5) is 16.1. The summed E-state index contributed by atoms with van der Waals surface area (Å²) in [6.07, 6.45) is 0.225. The lowest BCUT2D eigenvalue weighted by Gasteiger charge is -2.03. The number of nitrogens with one attached hydrogen (secondary N) is 1. The Morgan fingerprint density at radius 1 is 1.27 bits per heavy atom. The molecule has 112 valence electrons. The Labute approximate surface area is 130 Å². The molecule has 0 radical (unpaired) electrons. The van der Waals surface area contributed by atoms with E-state index in [-0.39, 0.29) is 23.7 Å². The molecule has 1 amide bonds. The van der Waals surface area contributed by atoms with Crippen LogP contribution in [0.2, 0.25) is 0 Å². The summed E-state index contributed by atoms with van der Waals surface area (Å²) < 4.78 is 19.4. The van der Waals surface area contributed by atoms with Crippen molar-refractivity contribution in [2.24, 2.45) is 0 Å². The van der Waals surface area contributed by atoms with E-state index in [1.54, 1.807) is 31.4 Å². The Balaban J connectivity index is 1.71. The number of fused-ring (bicyclic) bond motifs is 1. The van der Waals surface area contributed by atoms with Crippen molar-refractivity contribution < 1.29 is 13.9 Å². The molecule has 0 saturated heterocycles. The minimum atomic E-state index is -0.385. The number of carbonyl (C=O) groups excluding carboxylic acids is 1. The van der Waals surface area contributed by atoms with E-state index < -0.39 is 0 Å². The Kier molecular flexibility index (Phi) is 4.02. The van der Waals surface area contributed by atoms with Crippen molar-refractivity contribution in [3.8, 4) is 5.75 Å². The zero-order valence-corrected chi connectivity index (χ0v) is 12.6. The normalized spacial score (nSPS) is 10.6. The number of hydrogen-bond acceptors (Lipinski definition) is 4. The van der Waals surface area contributed by atoms with Crippen LogP contribution in [0.4, 0.5) is 9.52 Å². The molecule has 0 bridgehead atoms. The maximum Gasteiger partial charge on any atom is 0.230 e. The fourth-order valence-electron chi connectivity index (χ4n) is 2.06. The fourth-order valence-corrected chi connectivity index (χ4v) is 2.96. The summed E-state index contributed by atoms with van der Waals surface area (Å²) >= 11 is 1.25. The standard InChI is InChI=1S/C16H13FN2O2S/c1-21-11-7-5-10(6-8-11)9-14(20)18-16-19-15-12(17)3-2-4-13(15)22-16/h2-8H,9H2,1H3,(H,18,19,20). The highest BCUT2D eigenvalue weighted by atomic mass is 32.1. The van der Waals surface area contributed by atoms with Crippen LogP contribution in [0.15, 0.2) is 42.5 Å². The molecule has 1 N–H and O–H groups in total. The molecule has 1 aromatic heterocycles. The molecule has 0 aliphatic rings. The van der Waals surface area contributed by atoms with Crippen LogP contribution in [0.3, 0.4) is 0 Å². The van der Waals surface area contributed by atoms with Crippen molar-refractivity contribution in [1.82, 2.24) is 4.98 Å². The number of ether oxygens (including phenoxy) is 1. The van der Waals surface area contributed by atoms with Gasteiger partial charge in [-0.25, -0.2) is 9.37 Å². The van der Waals surface area contributed by atoms with E-state index in [9.17, 15) is 9.18 Å². The molecule has 6 heteroatoms. The molecule has 0 atom stereocenters. The third kappa shape index (κ3) is 3.07. The number of benzene rings is 2. The van der Waals surface area contributed by atoms with Gasteiger partial charge in [0.1, 0.15) is 17.1 Å². The zero-order valence-electron chi connectivity index (χ0n) is 11.8. The lowest BCUT2D eigenvalue weighted by atomic mass is 10.1. The maximum atomic E-state index is 13.6. The number of hydrogen-bond donors (Lipinski definition) is 1. The SMILES string of the molecule is COc1ccc(CC(=O)Nc2nc3c(F)cccc3s2)cc1. The van der Waals surface area contributed by atoms with Crippen LogP contribution in [0.1, 0.15) is 5.56 Å². The first-order valence-corrected chi connectivity index (χ1v) is 7.45. The van der Waals surface area contributed by atoms with Gasteiger partial charge in [0.2, 0.25) is 5.91 Å². The molecular weight excluding hydrogens is 303 g/mol. The van der Waals surface area contributed by atoms with Crippen LogP contribution in [-0.4, -0.2) is 18.0 Å². The van der Waals surface area contributed by atoms with Gasteiger partial charge >= 0.3 is 0 Å². The number of methoxy groups -OCH3 is 1. The average Bonchev–Trinajstić information content (AvgIpc) is 2.92. The minimum Gasteiger partial charge on any atom is -0.497 e. The number of amides is 1. The molecule has 0 saturated carbocycles.